The van der Waals surface area contributed by atoms with Crippen LogP contribution in [0, 0.1) is 6.92 Å². The fraction of sp³-hybridized carbons (Fsp3) is 0.267. The van der Waals surface area contributed by atoms with Gasteiger partial charge in [0.05, 0.1) is 6.04 Å². The monoisotopic (exact) mass is 259 g/mol. The highest BCUT2D eigenvalue weighted by Gasteiger charge is 2.22. The number of phenols is 1. The minimum Gasteiger partial charge on any atom is -0.508 e. The van der Waals surface area contributed by atoms with Crippen LogP contribution in [0.3, 0.4) is 0 Å². The van der Waals surface area contributed by atoms with Crippen LogP contribution in [0.1, 0.15) is 34.8 Å². The average molecular weight is 259 g/mol. The van der Waals surface area contributed by atoms with E-state index in [9.17, 15) is 9.90 Å². The number of benzene rings is 1. The zero-order chi connectivity index (χ0) is 14.0. The first-order valence-electron chi connectivity index (χ1n) is 6.12. The van der Waals surface area contributed by atoms with Crippen molar-refractivity contribution in [1.29, 1.82) is 0 Å². The number of carbonyl (C=O) groups excluding carboxylic acids is 1. The van der Waals surface area contributed by atoms with Gasteiger partial charge in [-0.05, 0) is 32.0 Å². The molecule has 0 saturated carbocycles. The van der Waals surface area contributed by atoms with E-state index in [2.05, 4.69) is 0 Å². The van der Waals surface area contributed by atoms with Crippen molar-refractivity contribution in [3.63, 3.8) is 0 Å². The second-order valence-corrected chi connectivity index (χ2v) is 4.56. The van der Waals surface area contributed by atoms with Crippen LogP contribution in [0.5, 0.6) is 5.75 Å². The quantitative estimate of drug-likeness (QED) is 0.921. The summed E-state index contributed by atoms with van der Waals surface area (Å²) in [6.45, 7) is 3.66. The Labute approximate surface area is 112 Å². The van der Waals surface area contributed by atoms with E-state index in [0.717, 1.165) is 0 Å². The fourth-order valence-corrected chi connectivity index (χ4v) is 1.95. The second-order valence-electron chi connectivity index (χ2n) is 4.56. The summed E-state index contributed by atoms with van der Waals surface area (Å²) in [5.74, 6) is 0.989. The molecule has 2 rings (SSSR count). The molecule has 0 bridgehead atoms. The molecule has 1 heterocycles. The SMILES string of the molecule is Cc1ccc(C(=O)N(C)C(C)c2ccccc2O)o1. The number of hydrogen-bond acceptors (Lipinski definition) is 3. The molecule has 1 aromatic heterocycles. The van der Waals surface area contributed by atoms with Gasteiger partial charge in [0.25, 0.3) is 5.91 Å². The van der Waals surface area contributed by atoms with Gasteiger partial charge >= 0.3 is 0 Å². The molecule has 100 valence electrons. The van der Waals surface area contributed by atoms with Gasteiger partial charge in [0, 0.05) is 12.6 Å². The molecule has 2 aromatic rings. The molecule has 0 spiro atoms. The van der Waals surface area contributed by atoms with Crippen LogP contribution in [0.2, 0.25) is 0 Å². The zero-order valence-corrected chi connectivity index (χ0v) is 11.3. The van der Waals surface area contributed by atoms with E-state index < -0.39 is 0 Å². The predicted molar refractivity (Wildman–Crippen MR) is 72.1 cm³/mol. The number of amides is 1. The summed E-state index contributed by atoms with van der Waals surface area (Å²) in [4.78, 5) is 13.8. The van der Waals surface area contributed by atoms with Crippen molar-refractivity contribution in [3.05, 3.63) is 53.5 Å². The van der Waals surface area contributed by atoms with Crippen LogP contribution in [-0.4, -0.2) is 23.0 Å². The van der Waals surface area contributed by atoms with Crippen LogP contribution >= 0.6 is 0 Å². The lowest BCUT2D eigenvalue weighted by Gasteiger charge is -2.25. The van der Waals surface area contributed by atoms with Crippen LogP contribution in [0.4, 0.5) is 0 Å². The van der Waals surface area contributed by atoms with E-state index in [1.165, 1.54) is 0 Å². The summed E-state index contributed by atoms with van der Waals surface area (Å²) in [7, 11) is 1.69. The van der Waals surface area contributed by atoms with E-state index in [4.69, 9.17) is 4.42 Å². The molecule has 19 heavy (non-hydrogen) atoms. The number of aryl methyl sites for hydroxylation is 1. The molecule has 0 aliphatic carbocycles. The Morgan fingerprint density at radius 3 is 2.53 bits per heavy atom. The van der Waals surface area contributed by atoms with Crippen molar-refractivity contribution in [2.75, 3.05) is 7.05 Å². The Hall–Kier alpha value is -2.23. The lowest BCUT2D eigenvalue weighted by atomic mass is 10.1. The normalized spacial score (nSPS) is 12.2. The Morgan fingerprint density at radius 2 is 1.95 bits per heavy atom. The third kappa shape index (κ3) is 2.62. The molecular weight excluding hydrogens is 242 g/mol. The van der Waals surface area contributed by atoms with E-state index in [0.29, 0.717) is 17.1 Å². The van der Waals surface area contributed by atoms with Crippen LogP contribution < -0.4 is 0 Å². The van der Waals surface area contributed by atoms with Gasteiger partial charge in [-0.3, -0.25) is 4.79 Å². The van der Waals surface area contributed by atoms with Crippen molar-refractivity contribution < 1.29 is 14.3 Å². The van der Waals surface area contributed by atoms with Crippen LogP contribution in [-0.2, 0) is 0 Å². The zero-order valence-electron chi connectivity index (χ0n) is 11.3. The standard InChI is InChI=1S/C15H17NO3/c1-10-8-9-14(19-10)15(18)16(3)11(2)12-6-4-5-7-13(12)17/h4-9,11,17H,1-3H3. The fourth-order valence-electron chi connectivity index (χ4n) is 1.95. The average Bonchev–Trinajstić information content (AvgIpc) is 2.83. The van der Waals surface area contributed by atoms with E-state index in [1.807, 2.05) is 13.0 Å². The highest BCUT2D eigenvalue weighted by atomic mass is 16.3. The molecular formula is C15H17NO3. The number of para-hydroxylation sites is 1. The molecule has 1 N–H and O–H groups in total. The largest absolute Gasteiger partial charge is 0.508 e. The Balaban J connectivity index is 2.22. The highest BCUT2D eigenvalue weighted by Crippen LogP contribution is 2.28. The number of aromatic hydroxyl groups is 1. The molecule has 0 radical (unpaired) electrons. The third-order valence-electron chi connectivity index (χ3n) is 3.24. The maximum atomic E-state index is 12.2. The molecule has 0 aliphatic rings. The van der Waals surface area contributed by atoms with Crippen molar-refractivity contribution in [2.24, 2.45) is 0 Å². The van der Waals surface area contributed by atoms with Gasteiger partial charge in [0.2, 0.25) is 0 Å². The van der Waals surface area contributed by atoms with E-state index in [-0.39, 0.29) is 17.7 Å². The molecule has 1 unspecified atom stereocenters. The minimum atomic E-state index is -0.237. The number of furan rings is 1. The van der Waals surface area contributed by atoms with Gasteiger partial charge in [-0.15, -0.1) is 0 Å². The summed E-state index contributed by atoms with van der Waals surface area (Å²) in [5, 5.41) is 9.82. The van der Waals surface area contributed by atoms with Crippen molar-refractivity contribution >= 4 is 5.91 Å². The van der Waals surface area contributed by atoms with Crippen molar-refractivity contribution in [3.8, 4) is 5.75 Å². The second kappa shape index (κ2) is 5.18. The van der Waals surface area contributed by atoms with E-state index >= 15 is 0 Å². The number of hydrogen-bond donors (Lipinski definition) is 1. The third-order valence-corrected chi connectivity index (χ3v) is 3.24. The van der Waals surface area contributed by atoms with Gasteiger partial charge in [-0.1, -0.05) is 18.2 Å². The van der Waals surface area contributed by atoms with Gasteiger partial charge in [-0.25, -0.2) is 0 Å². The predicted octanol–water partition coefficient (Wildman–Crippen LogP) is 3.13. The first-order chi connectivity index (χ1) is 9.00. The summed E-state index contributed by atoms with van der Waals surface area (Å²) in [6.07, 6.45) is 0. The maximum absolute atomic E-state index is 12.2. The lowest BCUT2D eigenvalue weighted by Crippen LogP contribution is -2.29. The topological polar surface area (TPSA) is 53.7 Å². The van der Waals surface area contributed by atoms with Gasteiger partial charge < -0.3 is 14.4 Å². The number of rotatable bonds is 3. The molecule has 1 aromatic carbocycles. The first kappa shape index (κ1) is 13.2. The van der Waals surface area contributed by atoms with E-state index in [1.54, 1.807) is 49.2 Å². The summed E-state index contributed by atoms with van der Waals surface area (Å²) >= 11 is 0. The van der Waals surface area contributed by atoms with Crippen molar-refractivity contribution in [1.82, 2.24) is 4.90 Å². The van der Waals surface area contributed by atoms with Gasteiger partial charge in [0.15, 0.2) is 5.76 Å². The Bertz CT molecular complexity index is 589. The summed E-state index contributed by atoms with van der Waals surface area (Å²) < 4.78 is 5.33. The smallest absolute Gasteiger partial charge is 0.289 e. The van der Waals surface area contributed by atoms with Crippen LogP contribution in [0.15, 0.2) is 40.8 Å². The number of nitrogens with zero attached hydrogens (tertiary/aromatic N) is 1. The highest BCUT2D eigenvalue weighted by molar-refractivity contribution is 5.91. The van der Waals surface area contributed by atoms with Crippen molar-refractivity contribution in [2.45, 2.75) is 19.9 Å². The molecule has 4 nitrogen and oxygen atoms in total. The maximum Gasteiger partial charge on any atom is 0.289 e. The summed E-state index contributed by atoms with van der Waals surface area (Å²) in [6, 6.07) is 10.2. The molecule has 1 amide bonds. The van der Waals surface area contributed by atoms with Gasteiger partial charge in [0.1, 0.15) is 11.5 Å². The lowest BCUT2D eigenvalue weighted by molar-refractivity contribution is 0.0707. The number of carbonyl (C=O) groups is 1. The molecule has 4 heteroatoms. The molecule has 1 atom stereocenters. The first-order valence-corrected chi connectivity index (χ1v) is 6.12. The van der Waals surface area contributed by atoms with Crippen LogP contribution in [0.25, 0.3) is 0 Å². The number of phenolic OH excluding ortho intramolecular Hbond substituents is 1. The van der Waals surface area contributed by atoms with Gasteiger partial charge in [-0.2, -0.15) is 0 Å². The Kier molecular flexibility index (Phi) is 3.60. The minimum absolute atomic E-state index is 0.185. The molecule has 0 saturated heterocycles. The molecule has 0 fully saturated rings. The summed E-state index contributed by atoms with van der Waals surface area (Å²) in [5.41, 5.74) is 0.710. The Morgan fingerprint density at radius 1 is 1.26 bits per heavy atom. The molecule has 0 aliphatic heterocycles.